The van der Waals surface area contributed by atoms with Crippen LogP contribution in [0.3, 0.4) is 0 Å². The SMILES string of the molecule is CCCCCCCc1cccc(OC=O)c1C1CCCCC1. The first-order valence-electron chi connectivity index (χ1n) is 9.09. The monoisotopic (exact) mass is 302 g/mol. The second-order valence-electron chi connectivity index (χ2n) is 6.54. The highest BCUT2D eigenvalue weighted by atomic mass is 16.5. The molecule has 1 aliphatic rings. The first-order valence-corrected chi connectivity index (χ1v) is 9.09. The van der Waals surface area contributed by atoms with Crippen LogP contribution >= 0.6 is 0 Å². The van der Waals surface area contributed by atoms with Gasteiger partial charge in [0, 0.05) is 5.56 Å². The topological polar surface area (TPSA) is 26.3 Å². The fourth-order valence-corrected chi connectivity index (χ4v) is 3.74. The number of hydrogen-bond donors (Lipinski definition) is 0. The zero-order chi connectivity index (χ0) is 15.6. The third-order valence-electron chi connectivity index (χ3n) is 4.89. The summed E-state index contributed by atoms with van der Waals surface area (Å²) in [5, 5.41) is 0. The lowest BCUT2D eigenvalue weighted by Crippen LogP contribution is -2.10. The van der Waals surface area contributed by atoms with Crippen molar-refractivity contribution >= 4 is 6.47 Å². The Morgan fingerprint density at radius 1 is 1.09 bits per heavy atom. The van der Waals surface area contributed by atoms with Gasteiger partial charge in [0.05, 0.1) is 0 Å². The van der Waals surface area contributed by atoms with Crippen LogP contribution in [-0.2, 0) is 11.2 Å². The van der Waals surface area contributed by atoms with Crippen molar-refractivity contribution in [3.05, 3.63) is 29.3 Å². The summed E-state index contributed by atoms with van der Waals surface area (Å²) in [6.45, 7) is 2.83. The van der Waals surface area contributed by atoms with E-state index < -0.39 is 0 Å². The van der Waals surface area contributed by atoms with E-state index in [9.17, 15) is 4.79 Å². The van der Waals surface area contributed by atoms with Gasteiger partial charge in [-0.25, -0.2) is 0 Å². The van der Waals surface area contributed by atoms with Gasteiger partial charge in [-0.2, -0.15) is 0 Å². The molecule has 0 aliphatic heterocycles. The van der Waals surface area contributed by atoms with Gasteiger partial charge in [-0.05, 0) is 43.2 Å². The fraction of sp³-hybridized carbons (Fsp3) is 0.650. The Morgan fingerprint density at radius 2 is 1.86 bits per heavy atom. The normalized spacial score (nSPS) is 15.7. The zero-order valence-corrected chi connectivity index (χ0v) is 14.0. The highest BCUT2D eigenvalue weighted by Gasteiger charge is 2.22. The van der Waals surface area contributed by atoms with Crippen molar-refractivity contribution < 1.29 is 9.53 Å². The fourth-order valence-electron chi connectivity index (χ4n) is 3.74. The van der Waals surface area contributed by atoms with E-state index in [0.29, 0.717) is 12.4 Å². The largest absolute Gasteiger partial charge is 0.428 e. The van der Waals surface area contributed by atoms with E-state index in [1.807, 2.05) is 12.1 Å². The summed E-state index contributed by atoms with van der Waals surface area (Å²) in [4.78, 5) is 10.8. The molecule has 0 atom stereocenters. The molecule has 2 rings (SSSR count). The van der Waals surface area contributed by atoms with Crippen LogP contribution < -0.4 is 4.74 Å². The summed E-state index contributed by atoms with van der Waals surface area (Å²) in [6, 6.07) is 6.23. The van der Waals surface area contributed by atoms with Crippen molar-refractivity contribution in [2.24, 2.45) is 0 Å². The predicted molar refractivity (Wildman–Crippen MR) is 91.4 cm³/mol. The van der Waals surface area contributed by atoms with Crippen LogP contribution in [0.4, 0.5) is 0 Å². The Bertz CT molecular complexity index is 447. The summed E-state index contributed by atoms with van der Waals surface area (Å²) in [5.41, 5.74) is 2.73. The smallest absolute Gasteiger partial charge is 0.298 e. The number of benzene rings is 1. The van der Waals surface area contributed by atoms with Crippen molar-refractivity contribution in [2.75, 3.05) is 0 Å². The lowest BCUT2D eigenvalue weighted by Gasteiger charge is -2.26. The Morgan fingerprint density at radius 3 is 2.59 bits per heavy atom. The minimum atomic E-state index is 0.576. The van der Waals surface area contributed by atoms with E-state index in [1.165, 1.54) is 75.3 Å². The van der Waals surface area contributed by atoms with Crippen LogP contribution in [0.1, 0.15) is 88.2 Å². The van der Waals surface area contributed by atoms with Gasteiger partial charge in [0.15, 0.2) is 0 Å². The first kappa shape index (κ1) is 17.1. The second-order valence-corrected chi connectivity index (χ2v) is 6.54. The van der Waals surface area contributed by atoms with Gasteiger partial charge in [0.25, 0.3) is 6.47 Å². The number of hydrogen-bond acceptors (Lipinski definition) is 2. The van der Waals surface area contributed by atoms with Gasteiger partial charge < -0.3 is 4.74 Å². The number of carbonyl (C=O) groups excluding carboxylic acids is 1. The maximum atomic E-state index is 10.8. The molecule has 2 heteroatoms. The maximum Gasteiger partial charge on any atom is 0.298 e. The lowest BCUT2D eigenvalue weighted by atomic mass is 9.80. The minimum Gasteiger partial charge on any atom is -0.428 e. The molecule has 0 saturated heterocycles. The summed E-state index contributed by atoms with van der Waals surface area (Å²) < 4.78 is 5.30. The third kappa shape index (κ3) is 4.86. The standard InChI is InChI=1S/C20H30O2/c1-2-3-4-5-7-11-18-14-10-15-19(22-16-21)20(18)17-12-8-6-9-13-17/h10,14-17H,2-9,11-13H2,1H3. The molecule has 0 N–H and O–H groups in total. The predicted octanol–water partition coefficient (Wildman–Crippen LogP) is 5.78. The van der Waals surface area contributed by atoms with E-state index in [1.54, 1.807) is 0 Å². The van der Waals surface area contributed by atoms with Gasteiger partial charge in [-0.3, -0.25) is 4.79 Å². The molecule has 0 bridgehead atoms. The minimum absolute atomic E-state index is 0.576. The quantitative estimate of drug-likeness (QED) is 0.427. The Balaban J connectivity index is 2.09. The summed E-state index contributed by atoms with van der Waals surface area (Å²) in [6.07, 6.45) is 14.0. The Labute approximate surface area is 135 Å². The van der Waals surface area contributed by atoms with Crippen LogP contribution in [0.25, 0.3) is 0 Å². The number of unbranched alkanes of at least 4 members (excludes halogenated alkanes) is 4. The molecule has 1 saturated carbocycles. The van der Waals surface area contributed by atoms with Crippen molar-refractivity contribution in [3.8, 4) is 5.75 Å². The summed E-state index contributed by atoms with van der Waals surface area (Å²) in [7, 11) is 0. The molecule has 2 nitrogen and oxygen atoms in total. The lowest BCUT2D eigenvalue weighted by molar-refractivity contribution is -0.120. The number of ether oxygens (including phenoxy) is 1. The average molecular weight is 302 g/mol. The molecule has 1 aromatic carbocycles. The van der Waals surface area contributed by atoms with Crippen molar-refractivity contribution in [3.63, 3.8) is 0 Å². The highest BCUT2D eigenvalue weighted by molar-refractivity contribution is 5.51. The zero-order valence-electron chi connectivity index (χ0n) is 14.0. The molecule has 1 aliphatic carbocycles. The molecule has 0 radical (unpaired) electrons. The highest BCUT2D eigenvalue weighted by Crippen LogP contribution is 2.39. The van der Waals surface area contributed by atoms with Gasteiger partial charge >= 0.3 is 0 Å². The molecule has 0 unspecified atom stereocenters. The van der Waals surface area contributed by atoms with E-state index >= 15 is 0 Å². The number of carbonyl (C=O) groups is 1. The number of aryl methyl sites for hydroxylation is 1. The van der Waals surface area contributed by atoms with Gasteiger partial charge in [0.2, 0.25) is 0 Å². The third-order valence-corrected chi connectivity index (χ3v) is 4.89. The molecule has 122 valence electrons. The van der Waals surface area contributed by atoms with Gasteiger partial charge in [-0.1, -0.05) is 64.0 Å². The molecule has 1 aromatic rings. The average Bonchev–Trinajstić information content (AvgIpc) is 2.56. The second kappa shape index (κ2) is 9.66. The van der Waals surface area contributed by atoms with E-state index in [4.69, 9.17) is 4.74 Å². The maximum absolute atomic E-state index is 10.8. The molecule has 0 amide bonds. The first-order chi connectivity index (χ1) is 10.9. The summed E-state index contributed by atoms with van der Waals surface area (Å²) >= 11 is 0. The number of rotatable bonds is 9. The van der Waals surface area contributed by atoms with Crippen molar-refractivity contribution in [1.82, 2.24) is 0 Å². The molecule has 0 spiro atoms. The molecule has 22 heavy (non-hydrogen) atoms. The Hall–Kier alpha value is -1.31. The van der Waals surface area contributed by atoms with Crippen LogP contribution in [0.2, 0.25) is 0 Å². The summed E-state index contributed by atoms with van der Waals surface area (Å²) in [5.74, 6) is 1.38. The van der Waals surface area contributed by atoms with Gasteiger partial charge in [-0.15, -0.1) is 0 Å². The van der Waals surface area contributed by atoms with Crippen LogP contribution in [0.5, 0.6) is 5.75 Å². The van der Waals surface area contributed by atoms with E-state index in [0.717, 1.165) is 12.2 Å². The molecule has 0 heterocycles. The van der Waals surface area contributed by atoms with Gasteiger partial charge in [0.1, 0.15) is 5.75 Å². The molecular weight excluding hydrogens is 272 g/mol. The van der Waals surface area contributed by atoms with E-state index in [-0.39, 0.29) is 0 Å². The van der Waals surface area contributed by atoms with Crippen LogP contribution in [-0.4, -0.2) is 6.47 Å². The van der Waals surface area contributed by atoms with Crippen LogP contribution in [0, 0.1) is 0 Å². The molecular formula is C20H30O2. The van der Waals surface area contributed by atoms with E-state index in [2.05, 4.69) is 13.0 Å². The van der Waals surface area contributed by atoms with Crippen molar-refractivity contribution in [2.45, 2.75) is 83.5 Å². The van der Waals surface area contributed by atoms with Crippen LogP contribution in [0.15, 0.2) is 18.2 Å². The van der Waals surface area contributed by atoms with Crippen molar-refractivity contribution in [1.29, 1.82) is 0 Å². The molecule has 0 aromatic heterocycles. The molecule has 1 fully saturated rings. The Kier molecular flexibility index (Phi) is 7.48.